The number of carbonyl (C=O) groups is 1. The van der Waals surface area contributed by atoms with E-state index >= 15 is 0 Å². The summed E-state index contributed by atoms with van der Waals surface area (Å²) in [6.07, 6.45) is 0. The van der Waals surface area contributed by atoms with Crippen molar-refractivity contribution in [1.29, 1.82) is 0 Å². The van der Waals surface area contributed by atoms with Crippen LogP contribution in [0.5, 0.6) is 0 Å². The van der Waals surface area contributed by atoms with Crippen molar-refractivity contribution in [3.8, 4) is 0 Å². The van der Waals surface area contributed by atoms with Crippen molar-refractivity contribution in [1.82, 2.24) is 4.31 Å². The molecule has 2 rings (SSSR count). The van der Waals surface area contributed by atoms with Crippen molar-refractivity contribution < 1.29 is 13.2 Å². The van der Waals surface area contributed by atoms with E-state index in [2.05, 4.69) is 31.4 Å². The highest BCUT2D eigenvalue weighted by atomic mass is 32.2. The molecule has 28 heavy (non-hydrogen) atoms. The number of benzene rings is 2. The van der Waals surface area contributed by atoms with Crippen LogP contribution in [0.25, 0.3) is 0 Å². The van der Waals surface area contributed by atoms with Gasteiger partial charge in [0.2, 0.25) is 15.9 Å². The van der Waals surface area contributed by atoms with Crippen LogP contribution >= 0.6 is 0 Å². The Morgan fingerprint density at radius 1 is 1.00 bits per heavy atom. The maximum absolute atomic E-state index is 12.5. The van der Waals surface area contributed by atoms with Gasteiger partial charge in [0.1, 0.15) is 6.04 Å². The minimum Gasteiger partial charge on any atom is -0.374 e. The normalized spacial score (nSPS) is 13.2. The Morgan fingerprint density at radius 2 is 1.61 bits per heavy atom. The lowest BCUT2D eigenvalue weighted by Gasteiger charge is -2.20. The predicted octanol–water partition coefficient (Wildman–Crippen LogP) is 3.67. The molecule has 2 N–H and O–H groups in total. The lowest BCUT2D eigenvalue weighted by molar-refractivity contribution is -0.116. The van der Waals surface area contributed by atoms with Gasteiger partial charge in [-0.1, -0.05) is 39.0 Å². The molecule has 0 bridgehead atoms. The van der Waals surface area contributed by atoms with Gasteiger partial charge in [0, 0.05) is 25.5 Å². The van der Waals surface area contributed by atoms with Crippen LogP contribution in [0.2, 0.25) is 0 Å². The Morgan fingerprint density at radius 3 is 2.14 bits per heavy atom. The monoisotopic (exact) mass is 403 g/mol. The summed E-state index contributed by atoms with van der Waals surface area (Å²) in [5.41, 5.74) is 2.57. The first-order valence-electron chi connectivity index (χ1n) is 9.12. The second-order valence-corrected chi connectivity index (χ2v) is 10.1. The molecule has 0 heterocycles. The van der Waals surface area contributed by atoms with Crippen molar-refractivity contribution >= 4 is 27.3 Å². The molecule has 1 amide bonds. The summed E-state index contributed by atoms with van der Waals surface area (Å²) < 4.78 is 25.6. The number of hydrogen-bond donors (Lipinski definition) is 2. The molecule has 6 nitrogen and oxygen atoms in total. The molecule has 7 heteroatoms. The maximum atomic E-state index is 12.5. The first-order chi connectivity index (χ1) is 12.9. The standard InChI is InChI=1S/C21H29N3O3S/c1-15(22-17-12-10-16(11-13-17)21(2,3)4)20(25)23-18-8-7-9-19(14-18)28(26,27)24(5)6/h7-15,22H,1-6H3,(H,23,25)/t15-/m0/s1. The predicted molar refractivity (Wildman–Crippen MR) is 114 cm³/mol. The highest BCUT2D eigenvalue weighted by molar-refractivity contribution is 7.89. The Balaban J connectivity index is 2.07. The summed E-state index contributed by atoms with van der Waals surface area (Å²) in [6, 6.07) is 13.7. The summed E-state index contributed by atoms with van der Waals surface area (Å²) in [5, 5.41) is 5.93. The first-order valence-corrected chi connectivity index (χ1v) is 10.6. The topological polar surface area (TPSA) is 78.5 Å². The summed E-state index contributed by atoms with van der Waals surface area (Å²) in [4.78, 5) is 12.6. The Kier molecular flexibility index (Phi) is 6.52. The molecule has 0 unspecified atom stereocenters. The second-order valence-electron chi connectivity index (χ2n) is 8.00. The number of hydrogen-bond acceptors (Lipinski definition) is 4. The van der Waals surface area contributed by atoms with Crippen LogP contribution in [0.15, 0.2) is 53.4 Å². The minimum absolute atomic E-state index is 0.0689. The molecule has 0 saturated carbocycles. The van der Waals surface area contributed by atoms with Crippen molar-refractivity contribution in [3.05, 3.63) is 54.1 Å². The fourth-order valence-electron chi connectivity index (χ4n) is 2.58. The third kappa shape index (κ3) is 5.33. The van der Waals surface area contributed by atoms with Gasteiger partial charge in [-0.25, -0.2) is 12.7 Å². The third-order valence-corrected chi connectivity index (χ3v) is 6.22. The molecule has 152 valence electrons. The number of carbonyl (C=O) groups excluding carboxylic acids is 1. The lowest BCUT2D eigenvalue weighted by atomic mass is 9.87. The summed E-state index contributed by atoms with van der Waals surface area (Å²) in [6.45, 7) is 8.20. The van der Waals surface area contributed by atoms with Crippen LogP contribution < -0.4 is 10.6 Å². The number of amides is 1. The third-order valence-electron chi connectivity index (χ3n) is 4.41. The van der Waals surface area contributed by atoms with E-state index in [1.165, 1.54) is 31.8 Å². The maximum Gasteiger partial charge on any atom is 0.246 e. The average Bonchev–Trinajstić information content (AvgIpc) is 2.61. The quantitative estimate of drug-likeness (QED) is 0.771. The molecule has 1 atom stereocenters. The molecule has 0 spiro atoms. The molecule has 0 aliphatic heterocycles. The molecule has 0 saturated heterocycles. The smallest absolute Gasteiger partial charge is 0.246 e. The summed E-state index contributed by atoms with van der Waals surface area (Å²) in [7, 11) is -0.614. The van der Waals surface area contributed by atoms with E-state index in [0.717, 1.165) is 9.99 Å². The van der Waals surface area contributed by atoms with E-state index in [9.17, 15) is 13.2 Å². The van der Waals surface area contributed by atoms with Gasteiger partial charge in [0.05, 0.1) is 4.90 Å². The summed E-state index contributed by atoms with van der Waals surface area (Å²) >= 11 is 0. The number of rotatable bonds is 6. The highest BCUT2D eigenvalue weighted by Crippen LogP contribution is 2.24. The van der Waals surface area contributed by atoms with E-state index in [-0.39, 0.29) is 16.2 Å². The first kappa shape index (κ1) is 21.9. The van der Waals surface area contributed by atoms with Crippen molar-refractivity contribution in [3.63, 3.8) is 0 Å². The molecule has 0 aliphatic rings. The summed E-state index contributed by atoms with van der Waals surface area (Å²) in [5.74, 6) is -0.251. The van der Waals surface area contributed by atoms with Gasteiger partial charge in [0.15, 0.2) is 0 Å². The minimum atomic E-state index is -3.55. The van der Waals surface area contributed by atoms with E-state index in [4.69, 9.17) is 0 Å². The van der Waals surface area contributed by atoms with E-state index in [1.54, 1.807) is 19.1 Å². The van der Waals surface area contributed by atoms with Gasteiger partial charge in [-0.2, -0.15) is 0 Å². The van der Waals surface area contributed by atoms with Crippen LogP contribution in [-0.4, -0.2) is 38.8 Å². The molecule has 2 aromatic rings. The van der Waals surface area contributed by atoms with Crippen molar-refractivity contribution in [2.24, 2.45) is 0 Å². The van der Waals surface area contributed by atoms with Crippen LogP contribution in [0, 0.1) is 0 Å². The van der Waals surface area contributed by atoms with Gasteiger partial charge in [-0.05, 0) is 48.2 Å². The van der Waals surface area contributed by atoms with Crippen molar-refractivity contribution in [2.75, 3.05) is 24.7 Å². The number of nitrogens with zero attached hydrogens (tertiary/aromatic N) is 1. The lowest BCUT2D eigenvalue weighted by Crippen LogP contribution is -2.32. The highest BCUT2D eigenvalue weighted by Gasteiger charge is 2.19. The fraction of sp³-hybridized carbons (Fsp3) is 0.381. The Labute approximate surface area is 168 Å². The van der Waals surface area contributed by atoms with E-state index in [1.807, 2.05) is 24.3 Å². The molecule has 0 radical (unpaired) electrons. The molecule has 2 aromatic carbocycles. The van der Waals surface area contributed by atoms with Gasteiger partial charge >= 0.3 is 0 Å². The van der Waals surface area contributed by atoms with Crippen LogP contribution in [-0.2, 0) is 20.2 Å². The van der Waals surface area contributed by atoms with E-state index in [0.29, 0.717) is 5.69 Å². The average molecular weight is 404 g/mol. The largest absolute Gasteiger partial charge is 0.374 e. The zero-order chi connectivity index (χ0) is 21.1. The van der Waals surface area contributed by atoms with Crippen LogP contribution in [0.4, 0.5) is 11.4 Å². The molecule has 0 aliphatic carbocycles. The Bertz CT molecular complexity index is 930. The number of sulfonamides is 1. The Hall–Kier alpha value is -2.38. The molecular formula is C21H29N3O3S. The molecule has 0 aromatic heterocycles. The SMILES string of the molecule is C[C@H](Nc1ccc(C(C)(C)C)cc1)C(=O)Nc1cccc(S(=O)(=O)N(C)C)c1. The zero-order valence-electron chi connectivity index (χ0n) is 17.3. The fourth-order valence-corrected chi connectivity index (χ4v) is 3.53. The number of anilines is 2. The van der Waals surface area contributed by atoms with Crippen LogP contribution in [0.3, 0.4) is 0 Å². The van der Waals surface area contributed by atoms with Crippen LogP contribution in [0.1, 0.15) is 33.3 Å². The zero-order valence-corrected chi connectivity index (χ0v) is 18.1. The van der Waals surface area contributed by atoms with Gasteiger partial charge in [-0.3, -0.25) is 4.79 Å². The number of nitrogens with one attached hydrogen (secondary N) is 2. The van der Waals surface area contributed by atoms with E-state index < -0.39 is 16.1 Å². The van der Waals surface area contributed by atoms with Crippen molar-refractivity contribution in [2.45, 2.75) is 44.0 Å². The molecular weight excluding hydrogens is 374 g/mol. The molecule has 0 fully saturated rings. The van der Waals surface area contributed by atoms with Gasteiger partial charge in [-0.15, -0.1) is 0 Å². The second kappa shape index (κ2) is 8.32. The van der Waals surface area contributed by atoms with Gasteiger partial charge < -0.3 is 10.6 Å². The van der Waals surface area contributed by atoms with Gasteiger partial charge in [0.25, 0.3) is 0 Å².